The van der Waals surface area contributed by atoms with Gasteiger partial charge in [0.25, 0.3) is 0 Å². The van der Waals surface area contributed by atoms with Crippen LogP contribution in [0.3, 0.4) is 0 Å². The Labute approximate surface area is 163 Å². The molecule has 0 aliphatic rings. The number of halogens is 2. The van der Waals surface area contributed by atoms with E-state index in [9.17, 15) is 8.78 Å². The van der Waals surface area contributed by atoms with Crippen LogP contribution in [-0.4, -0.2) is 39.4 Å². The van der Waals surface area contributed by atoms with Gasteiger partial charge in [-0.2, -0.15) is 8.78 Å². The van der Waals surface area contributed by atoms with Crippen LogP contribution in [0.2, 0.25) is 0 Å². The van der Waals surface area contributed by atoms with E-state index in [1.807, 2.05) is 30.3 Å². The Morgan fingerprint density at radius 1 is 1.04 bits per heavy atom. The zero-order chi connectivity index (χ0) is 20.2. The van der Waals surface area contributed by atoms with Gasteiger partial charge in [-0.3, -0.25) is 4.99 Å². The molecule has 2 aromatic carbocycles. The predicted octanol–water partition coefficient (Wildman–Crippen LogP) is 3.43. The van der Waals surface area contributed by atoms with E-state index in [4.69, 9.17) is 9.47 Å². The minimum Gasteiger partial charge on any atom is -0.492 e. The first-order valence-corrected chi connectivity index (χ1v) is 8.95. The average molecular weight is 393 g/mol. The molecular weight excluding hydrogens is 368 g/mol. The summed E-state index contributed by atoms with van der Waals surface area (Å²) in [5.74, 6) is 1.70. The van der Waals surface area contributed by atoms with Crippen LogP contribution in [0.5, 0.6) is 17.2 Å². The number of alkyl halides is 2. The number of benzene rings is 2. The third-order valence-corrected chi connectivity index (χ3v) is 3.61. The van der Waals surface area contributed by atoms with Gasteiger partial charge in [-0.25, -0.2) is 0 Å². The third kappa shape index (κ3) is 7.30. The molecule has 28 heavy (non-hydrogen) atoms. The Balaban J connectivity index is 1.82. The van der Waals surface area contributed by atoms with Crippen molar-refractivity contribution in [3.05, 3.63) is 54.1 Å². The van der Waals surface area contributed by atoms with E-state index < -0.39 is 6.61 Å². The number of aliphatic imine (C=N–C) groups is 1. The monoisotopic (exact) mass is 393 g/mol. The van der Waals surface area contributed by atoms with Crippen LogP contribution < -0.4 is 24.8 Å². The molecule has 152 valence electrons. The molecule has 0 bridgehead atoms. The van der Waals surface area contributed by atoms with Crippen molar-refractivity contribution >= 4 is 5.96 Å². The van der Waals surface area contributed by atoms with Gasteiger partial charge in [0, 0.05) is 13.6 Å². The van der Waals surface area contributed by atoms with Crippen molar-refractivity contribution in [3.8, 4) is 17.2 Å². The highest BCUT2D eigenvalue weighted by Gasteiger charge is 2.11. The molecule has 0 aromatic heterocycles. The second-order valence-electron chi connectivity index (χ2n) is 5.61. The second kappa shape index (κ2) is 11.6. The van der Waals surface area contributed by atoms with Crippen LogP contribution in [-0.2, 0) is 6.54 Å². The van der Waals surface area contributed by atoms with E-state index >= 15 is 0 Å². The van der Waals surface area contributed by atoms with Gasteiger partial charge in [0.05, 0.1) is 13.2 Å². The molecular formula is C20H25F2N3O3. The Bertz CT molecular complexity index is 743. The average Bonchev–Trinajstić information content (AvgIpc) is 2.70. The number of guanidine groups is 1. The van der Waals surface area contributed by atoms with Gasteiger partial charge in [0.2, 0.25) is 0 Å². The lowest BCUT2D eigenvalue weighted by Crippen LogP contribution is -2.38. The summed E-state index contributed by atoms with van der Waals surface area (Å²) < 4.78 is 40.4. The predicted molar refractivity (Wildman–Crippen MR) is 104 cm³/mol. The highest BCUT2D eigenvalue weighted by Crippen LogP contribution is 2.29. The number of hydrogen-bond acceptors (Lipinski definition) is 4. The van der Waals surface area contributed by atoms with Gasteiger partial charge in [0.1, 0.15) is 12.4 Å². The molecule has 0 spiro atoms. The van der Waals surface area contributed by atoms with Gasteiger partial charge in [0.15, 0.2) is 17.5 Å². The quantitative estimate of drug-likeness (QED) is 0.368. The molecule has 0 aliphatic heterocycles. The summed E-state index contributed by atoms with van der Waals surface area (Å²) in [6.07, 6.45) is 0. The van der Waals surface area contributed by atoms with Crippen LogP contribution in [0.4, 0.5) is 8.78 Å². The Kier molecular flexibility index (Phi) is 8.84. The molecule has 2 rings (SSSR count). The normalized spacial score (nSPS) is 11.2. The zero-order valence-electron chi connectivity index (χ0n) is 16.0. The summed E-state index contributed by atoms with van der Waals surface area (Å²) in [6, 6.07) is 14.4. The van der Waals surface area contributed by atoms with Crippen molar-refractivity contribution in [1.82, 2.24) is 10.6 Å². The summed E-state index contributed by atoms with van der Waals surface area (Å²) in [5.41, 5.74) is 0.841. The number of para-hydroxylation sites is 1. The lowest BCUT2D eigenvalue weighted by Gasteiger charge is -2.15. The van der Waals surface area contributed by atoms with Crippen molar-refractivity contribution in [2.24, 2.45) is 4.99 Å². The molecule has 8 heteroatoms. The van der Waals surface area contributed by atoms with E-state index in [0.717, 1.165) is 11.3 Å². The Morgan fingerprint density at radius 3 is 2.50 bits per heavy atom. The Hall–Kier alpha value is -3.03. The maximum atomic E-state index is 12.5. The molecule has 0 saturated carbocycles. The topological polar surface area (TPSA) is 64.1 Å². The first kappa shape index (κ1) is 21.3. The lowest BCUT2D eigenvalue weighted by molar-refractivity contribution is -0.0514. The maximum absolute atomic E-state index is 12.5. The van der Waals surface area contributed by atoms with E-state index in [1.165, 1.54) is 6.07 Å². The van der Waals surface area contributed by atoms with Gasteiger partial charge in [-0.05, 0) is 36.8 Å². The van der Waals surface area contributed by atoms with Gasteiger partial charge >= 0.3 is 6.61 Å². The summed E-state index contributed by atoms with van der Waals surface area (Å²) in [6.45, 7) is 0.721. The Morgan fingerprint density at radius 2 is 1.82 bits per heavy atom. The molecule has 0 aliphatic carbocycles. The molecule has 0 atom stereocenters. The number of ether oxygens (including phenoxy) is 3. The number of nitrogens with one attached hydrogen (secondary N) is 2. The van der Waals surface area contributed by atoms with Crippen LogP contribution >= 0.6 is 0 Å². The van der Waals surface area contributed by atoms with E-state index in [0.29, 0.717) is 32.3 Å². The van der Waals surface area contributed by atoms with Crippen molar-refractivity contribution < 1.29 is 23.0 Å². The van der Waals surface area contributed by atoms with E-state index in [2.05, 4.69) is 20.4 Å². The minimum absolute atomic E-state index is 0.0150. The van der Waals surface area contributed by atoms with Crippen LogP contribution in [0.15, 0.2) is 53.5 Å². The number of nitrogens with zero attached hydrogens (tertiary/aromatic N) is 1. The molecule has 2 aromatic rings. The van der Waals surface area contributed by atoms with Gasteiger partial charge in [-0.1, -0.05) is 24.3 Å². The number of hydrogen-bond donors (Lipinski definition) is 2. The summed E-state index contributed by atoms with van der Waals surface area (Å²) >= 11 is 0. The first-order valence-electron chi connectivity index (χ1n) is 8.95. The first-order chi connectivity index (χ1) is 13.6. The molecule has 0 radical (unpaired) electrons. The van der Waals surface area contributed by atoms with Crippen LogP contribution in [0.25, 0.3) is 0 Å². The smallest absolute Gasteiger partial charge is 0.387 e. The SMILES string of the molecule is CCOc1cc(CNC(=NC)NCCOc2ccccc2)ccc1OC(F)F. The summed E-state index contributed by atoms with van der Waals surface area (Å²) in [4.78, 5) is 4.15. The number of rotatable bonds is 10. The highest BCUT2D eigenvalue weighted by atomic mass is 19.3. The molecule has 0 unspecified atom stereocenters. The second-order valence-corrected chi connectivity index (χ2v) is 5.61. The zero-order valence-corrected chi connectivity index (χ0v) is 16.0. The highest BCUT2D eigenvalue weighted by molar-refractivity contribution is 5.79. The van der Waals surface area contributed by atoms with Gasteiger partial charge < -0.3 is 24.8 Å². The van der Waals surface area contributed by atoms with Crippen molar-refractivity contribution in [2.75, 3.05) is 26.8 Å². The third-order valence-electron chi connectivity index (χ3n) is 3.61. The van der Waals surface area contributed by atoms with E-state index in [-0.39, 0.29) is 11.5 Å². The molecule has 0 heterocycles. The maximum Gasteiger partial charge on any atom is 0.387 e. The standard InChI is InChI=1S/C20H25F2N3O3/c1-3-26-18-13-15(9-10-17(18)28-19(21)22)14-25-20(23-2)24-11-12-27-16-7-5-4-6-8-16/h4-10,13,19H,3,11-12,14H2,1-2H3,(H2,23,24,25). The molecule has 0 fully saturated rings. The van der Waals surface area contributed by atoms with E-state index in [1.54, 1.807) is 26.1 Å². The van der Waals surface area contributed by atoms with Crippen LogP contribution in [0, 0.1) is 0 Å². The minimum atomic E-state index is -2.90. The van der Waals surface area contributed by atoms with Crippen molar-refractivity contribution in [1.29, 1.82) is 0 Å². The lowest BCUT2D eigenvalue weighted by atomic mass is 10.2. The molecule has 0 amide bonds. The summed E-state index contributed by atoms with van der Waals surface area (Å²) in [7, 11) is 1.67. The fourth-order valence-corrected chi connectivity index (χ4v) is 2.39. The fraction of sp³-hybridized carbons (Fsp3) is 0.350. The molecule has 6 nitrogen and oxygen atoms in total. The van der Waals surface area contributed by atoms with Crippen molar-refractivity contribution in [3.63, 3.8) is 0 Å². The van der Waals surface area contributed by atoms with Crippen LogP contribution in [0.1, 0.15) is 12.5 Å². The molecule has 2 N–H and O–H groups in total. The van der Waals surface area contributed by atoms with Gasteiger partial charge in [-0.15, -0.1) is 0 Å². The largest absolute Gasteiger partial charge is 0.492 e. The van der Waals surface area contributed by atoms with Crippen molar-refractivity contribution in [2.45, 2.75) is 20.1 Å². The fourth-order valence-electron chi connectivity index (χ4n) is 2.39. The summed E-state index contributed by atoms with van der Waals surface area (Å²) in [5, 5.41) is 6.30. The molecule has 0 saturated heterocycles.